The van der Waals surface area contributed by atoms with Gasteiger partial charge in [-0.25, -0.2) is 9.78 Å². The molecule has 10 heteroatoms. The average Bonchev–Trinajstić information content (AvgIpc) is 3.10. The van der Waals surface area contributed by atoms with Crippen molar-refractivity contribution in [1.82, 2.24) is 19.9 Å². The third kappa shape index (κ3) is 4.98. The number of benzene rings is 2. The summed E-state index contributed by atoms with van der Waals surface area (Å²) in [6, 6.07) is 15.8. The van der Waals surface area contributed by atoms with E-state index in [0.29, 0.717) is 18.4 Å². The van der Waals surface area contributed by atoms with Crippen molar-refractivity contribution in [3.8, 4) is 0 Å². The molecule has 0 aliphatic rings. The summed E-state index contributed by atoms with van der Waals surface area (Å²) in [7, 11) is 1.86. The molecular weight excluding hydrogens is 419 g/mol. The molecule has 0 atom stereocenters. The molecule has 0 aliphatic carbocycles. The topological polar surface area (TPSA) is 86.8 Å². The molecule has 2 aromatic heterocycles. The molecule has 0 amide bonds. The van der Waals surface area contributed by atoms with Crippen LogP contribution in [0.25, 0.3) is 10.2 Å². The van der Waals surface area contributed by atoms with Crippen LogP contribution in [-0.4, -0.2) is 27.0 Å². The molecule has 146 valence electrons. The maximum atomic E-state index is 11.9. The number of nitrogens with zero attached hydrogens (tertiary/aromatic N) is 4. The van der Waals surface area contributed by atoms with Gasteiger partial charge in [0, 0.05) is 19.3 Å². The van der Waals surface area contributed by atoms with Gasteiger partial charge >= 0.3 is 5.69 Å². The van der Waals surface area contributed by atoms with Crippen LogP contribution in [0.15, 0.2) is 58.8 Å². The number of aromatic nitrogens is 4. The lowest BCUT2D eigenvalue weighted by molar-refractivity contribution is 0.842. The summed E-state index contributed by atoms with van der Waals surface area (Å²) in [6.07, 6.45) is 0. The number of thiazole rings is 1. The third-order valence-electron chi connectivity index (χ3n) is 3.84. The maximum Gasteiger partial charge on any atom is 0.351 e. The number of H-pyrrole nitrogens is 1. The van der Waals surface area contributed by atoms with Gasteiger partial charge in [-0.2, -0.15) is 9.97 Å². The quantitative estimate of drug-likeness (QED) is 0.491. The van der Waals surface area contributed by atoms with Gasteiger partial charge in [0.05, 0.1) is 15.7 Å². The van der Waals surface area contributed by atoms with Crippen LogP contribution < -0.4 is 15.9 Å². The fourth-order valence-corrected chi connectivity index (χ4v) is 3.32. The lowest BCUT2D eigenvalue weighted by atomic mass is 10.2. The van der Waals surface area contributed by atoms with Gasteiger partial charge < -0.3 is 10.2 Å². The van der Waals surface area contributed by atoms with Crippen LogP contribution in [0, 0.1) is 0 Å². The molecule has 0 unspecified atom stereocenters. The highest BCUT2D eigenvalue weighted by Crippen LogP contribution is 2.23. The molecule has 0 radical (unpaired) electrons. The summed E-state index contributed by atoms with van der Waals surface area (Å²) in [5.41, 5.74) is 4.24. The van der Waals surface area contributed by atoms with Crippen molar-refractivity contribution in [2.75, 3.05) is 17.3 Å². The van der Waals surface area contributed by atoms with E-state index in [1.54, 1.807) is 16.8 Å². The van der Waals surface area contributed by atoms with E-state index in [9.17, 15) is 4.79 Å². The molecule has 28 heavy (non-hydrogen) atoms. The second-order valence-corrected chi connectivity index (χ2v) is 6.69. The minimum atomic E-state index is -0.448. The van der Waals surface area contributed by atoms with Gasteiger partial charge in [-0.05, 0) is 23.8 Å². The summed E-state index contributed by atoms with van der Waals surface area (Å²) in [5, 5.41) is 3.13. The third-order valence-corrected chi connectivity index (χ3v) is 4.63. The largest absolute Gasteiger partial charge is 0.351 e. The normalized spacial score (nSPS) is 10.0. The molecule has 0 saturated carbocycles. The fraction of sp³-hybridized carbons (Fsp3) is 0.111. The number of hydrogen-bond acceptors (Lipinski definition) is 7. The molecule has 0 aliphatic heterocycles. The zero-order chi connectivity index (χ0) is 17.9. The van der Waals surface area contributed by atoms with Gasteiger partial charge in [0.2, 0.25) is 11.9 Å². The van der Waals surface area contributed by atoms with E-state index in [0.717, 1.165) is 21.5 Å². The number of fused-ring (bicyclic) bond motifs is 1. The number of halogens is 2. The lowest BCUT2D eigenvalue weighted by Gasteiger charge is -2.17. The van der Waals surface area contributed by atoms with Crippen LogP contribution in [0.2, 0.25) is 0 Å². The monoisotopic (exact) mass is 436 g/mol. The Labute approximate surface area is 177 Å². The second kappa shape index (κ2) is 9.50. The number of aromatic amines is 1. The zero-order valence-corrected chi connectivity index (χ0v) is 17.3. The molecule has 0 saturated heterocycles. The average molecular weight is 437 g/mol. The van der Waals surface area contributed by atoms with Crippen molar-refractivity contribution in [1.29, 1.82) is 0 Å². The highest BCUT2D eigenvalue weighted by atomic mass is 35.5. The summed E-state index contributed by atoms with van der Waals surface area (Å²) in [4.78, 5) is 29.1. The van der Waals surface area contributed by atoms with Gasteiger partial charge in [-0.3, -0.25) is 4.98 Å². The van der Waals surface area contributed by atoms with Gasteiger partial charge in [0.15, 0.2) is 0 Å². The predicted octanol–water partition coefficient (Wildman–Crippen LogP) is 4.00. The summed E-state index contributed by atoms with van der Waals surface area (Å²) in [5.74, 6) is 0.711. The Kier molecular flexibility index (Phi) is 7.33. The number of rotatable bonds is 5. The molecule has 0 bridgehead atoms. The van der Waals surface area contributed by atoms with Gasteiger partial charge in [0.25, 0.3) is 0 Å². The first-order valence-electron chi connectivity index (χ1n) is 8.01. The smallest absolute Gasteiger partial charge is 0.339 e. The fourth-order valence-electron chi connectivity index (χ4n) is 2.60. The molecular formula is C18H18Cl2N6OS. The Bertz CT molecular complexity index is 1100. The van der Waals surface area contributed by atoms with Gasteiger partial charge in [0.1, 0.15) is 0 Å². The Morgan fingerprint density at radius 2 is 1.89 bits per heavy atom. The number of hydrogen-bond donors (Lipinski definition) is 2. The van der Waals surface area contributed by atoms with Crippen molar-refractivity contribution in [2.45, 2.75) is 6.54 Å². The Hall–Kier alpha value is -2.68. The molecule has 0 spiro atoms. The highest BCUT2D eigenvalue weighted by molar-refractivity contribution is 7.16. The van der Waals surface area contributed by atoms with E-state index in [-0.39, 0.29) is 24.8 Å². The van der Waals surface area contributed by atoms with Crippen molar-refractivity contribution in [3.63, 3.8) is 0 Å². The van der Waals surface area contributed by atoms with E-state index < -0.39 is 5.69 Å². The number of nitrogens with one attached hydrogen (secondary N) is 2. The second-order valence-electron chi connectivity index (χ2n) is 5.80. The van der Waals surface area contributed by atoms with Crippen molar-refractivity contribution >= 4 is 64.0 Å². The van der Waals surface area contributed by atoms with Gasteiger partial charge in [-0.15, -0.1) is 36.2 Å². The van der Waals surface area contributed by atoms with Crippen LogP contribution in [0.4, 0.5) is 17.6 Å². The minimum absolute atomic E-state index is 0. The van der Waals surface area contributed by atoms with Crippen LogP contribution >= 0.6 is 36.2 Å². The van der Waals surface area contributed by atoms with Crippen LogP contribution in [0.3, 0.4) is 0 Å². The first-order chi connectivity index (χ1) is 12.7. The molecule has 4 rings (SSSR count). The van der Waals surface area contributed by atoms with Crippen molar-refractivity contribution in [3.05, 3.63) is 70.1 Å². The van der Waals surface area contributed by atoms with E-state index in [1.807, 2.05) is 60.5 Å². The standard InChI is InChI=1S/C18H16N6OS.2ClH/c1-24(10-12-5-3-2-4-6-12)17-21-16(22-18(25)23-17)20-13-7-8-14-15(9-13)26-11-19-14;;/h2-9,11H,10H2,1H3,(H2,20,21,22,23,25);2*1H. The van der Waals surface area contributed by atoms with E-state index in [1.165, 1.54) is 0 Å². The van der Waals surface area contributed by atoms with Gasteiger partial charge in [-0.1, -0.05) is 30.3 Å². The van der Waals surface area contributed by atoms with Crippen LogP contribution in [0.5, 0.6) is 0 Å². The van der Waals surface area contributed by atoms with E-state index in [4.69, 9.17) is 0 Å². The molecule has 2 aromatic carbocycles. The SMILES string of the molecule is CN(Cc1ccccc1)c1nc(Nc2ccc3ncsc3c2)[nH]c(=O)n1.Cl.Cl. The van der Waals surface area contributed by atoms with E-state index >= 15 is 0 Å². The van der Waals surface area contributed by atoms with Crippen LogP contribution in [0.1, 0.15) is 5.56 Å². The highest BCUT2D eigenvalue weighted by Gasteiger charge is 2.09. The lowest BCUT2D eigenvalue weighted by Crippen LogP contribution is -2.24. The van der Waals surface area contributed by atoms with Crippen molar-refractivity contribution < 1.29 is 0 Å². The minimum Gasteiger partial charge on any atom is -0.339 e. The first-order valence-corrected chi connectivity index (χ1v) is 8.89. The Balaban J connectivity index is 0.00000140. The molecule has 4 aromatic rings. The summed E-state index contributed by atoms with van der Waals surface area (Å²) in [6.45, 7) is 0.608. The predicted molar refractivity (Wildman–Crippen MR) is 119 cm³/mol. The summed E-state index contributed by atoms with van der Waals surface area (Å²) < 4.78 is 1.06. The van der Waals surface area contributed by atoms with Crippen LogP contribution in [-0.2, 0) is 6.54 Å². The molecule has 2 heterocycles. The zero-order valence-electron chi connectivity index (χ0n) is 14.8. The Morgan fingerprint density at radius 1 is 1.11 bits per heavy atom. The summed E-state index contributed by atoms with van der Waals surface area (Å²) >= 11 is 1.56. The molecule has 2 N–H and O–H groups in total. The molecule has 0 fully saturated rings. The Morgan fingerprint density at radius 3 is 2.68 bits per heavy atom. The maximum absolute atomic E-state index is 11.9. The first kappa shape index (κ1) is 21.6. The van der Waals surface area contributed by atoms with Crippen molar-refractivity contribution in [2.24, 2.45) is 0 Å². The molecule has 7 nitrogen and oxygen atoms in total. The van der Waals surface area contributed by atoms with E-state index in [2.05, 4.69) is 25.3 Å². The number of anilines is 3.